The summed E-state index contributed by atoms with van der Waals surface area (Å²) in [5, 5.41) is 0. The molecule has 0 unspecified atom stereocenters. The maximum absolute atomic E-state index is 13.5. The van der Waals surface area contributed by atoms with Gasteiger partial charge in [0.1, 0.15) is 11.5 Å². The van der Waals surface area contributed by atoms with Crippen LogP contribution in [-0.2, 0) is 0 Å². The maximum Gasteiger partial charge on any atom is 0.198 e. The van der Waals surface area contributed by atoms with E-state index in [1.165, 1.54) is 0 Å². The first-order valence-corrected chi connectivity index (χ1v) is 9.13. The topological polar surface area (TPSA) is 47.3 Å². The average molecular weight is 364 g/mol. The minimum absolute atomic E-state index is 0.160. The summed E-state index contributed by atoms with van der Waals surface area (Å²) in [6.45, 7) is 1.86. The molecule has 0 saturated carbocycles. The minimum atomic E-state index is -0.168. The van der Waals surface area contributed by atoms with Crippen molar-refractivity contribution >= 4 is 11.6 Å². The number of aryl methyl sites for hydroxylation is 1. The Morgan fingerprint density at radius 2 is 1.11 bits per heavy atom. The Bertz CT molecular complexity index is 1230. The lowest BCUT2D eigenvalue weighted by molar-refractivity contribution is 0.0980. The number of hydrogen-bond donors (Lipinski definition) is 0. The number of rotatable bonds is 2. The van der Waals surface area contributed by atoms with Crippen LogP contribution in [0, 0.1) is 6.92 Å². The Balaban J connectivity index is 1.87. The third kappa shape index (κ3) is 2.30. The number of furan rings is 1. The molecule has 1 aliphatic carbocycles. The van der Waals surface area contributed by atoms with Crippen LogP contribution in [0.1, 0.15) is 37.4 Å². The SMILES string of the molecule is Cc1cccc2c1C(=O)c1c(-c3ccccc3)oc(-c3ccccc3)c1C2=O. The first-order chi connectivity index (χ1) is 13.7. The van der Waals surface area contributed by atoms with Crippen molar-refractivity contribution in [3.8, 4) is 22.6 Å². The van der Waals surface area contributed by atoms with E-state index in [4.69, 9.17) is 4.42 Å². The van der Waals surface area contributed by atoms with E-state index in [1.807, 2.05) is 79.7 Å². The molecule has 134 valence electrons. The molecule has 3 heteroatoms. The van der Waals surface area contributed by atoms with Gasteiger partial charge >= 0.3 is 0 Å². The standard InChI is InChI=1S/C25H16O3/c1-15-9-8-14-18-19(15)23(27)21-20(22(18)26)24(16-10-4-2-5-11-16)28-25(21)17-12-6-3-7-13-17/h2-14H,1H3. The molecule has 0 atom stereocenters. The van der Waals surface area contributed by atoms with Gasteiger partial charge in [0.05, 0.1) is 11.1 Å². The van der Waals surface area contributed by atoms with Gasteiger partial charge in [-0.15, -0.1) is 0 Å². The molecule has 1 aliphatic rings. The number of carbonyl (C=O) groups is 2. The molecule has 0 aliphatic heterocycles. The van der Waals surface area contributed by atoms with Gasteiger partial charge in [-0.05, 0) is 12.5 Å². The Hall–Kier alpha value is -3.72. The van der Waals surface area contributed by atoms with Crippen molar-refractivity contribution in [1.29, 1.82) is 0 Å². The third-order valence-electron chi connectivity index (χ3n) is 5.18. The first-order valence-electron chi connectivity index (χ1n) is 9.13. The Morgan fingerprint density at radius 1 is 0.571 bits per heavy atom. The highest BCUT2D eigenvalue weighted by Crippen LogP contribution is 2.43. The zero-order valence-electron chi connectivity index (χ0n) is 15.2. The number of benzene rings is 3. The van der Waals surface area contributed by atoms with Gasteiger partial charge in [0, 0.05) is 22.3 Å². The van der Waals surface area contributed by atoms with Crippen LogP contribution in [0.25, 0.3) is 22.6 Å². The summed E-state index contributed by atoms with van der Waals surface area (Å²) in [6.07, 6.45) is 0. The Kier molecular flexibility index (Phi) is 3.63. The average Bonchev–Trinajstić information content (AvgIpc) is 3.14. The smallest absolute Gasteiger partial charge is 0.198 e. The molecule has 28 heavy (non-hydrogen) atoms. The molecule has 3 nitrogen and oxygen atoms in total. The zero-order chi connectivity index (χ0) is 19.3. The molecule has 0 spiro atoms. The monoisotopic (exact) mass is 364 g/mol. The molecular weight excluding hydrogens is 348 g/mol. The predicted molar refractivity (Wildman–Crippen MR) is 108 cm³/mol. The fraction of sp³-hybridized carbons (Fsp3) is 0.0400. The van der Waals surface area contributed by atoms with Crippen LogP contribution in [-0.4, -0.2) is 11.6 Å². The lowest BCUT2D eigenvalue weighted by Crippen LogP contribution is -2.21. The van der Waals surface area contributed by atoms with Crippen LogP contribution < -0.4 is 0 Å². The lowest BCUT2D eigenvalue weighted by atomic mass is 9.81. The second-order valence-electron chi connectivity index (χ2n) is 6.90. The lowest BCUT2D eigenvalue weighted by Gasteiger charge is -2.17. The van der Waals surface area contributed by atoms with Gasteiger partial charge < -0.3 is 4.42 Å². The normalized spacial score (nSPS) is 12.6. The summed E-state index contributed by atoms with van der Waals surface area (Å²) in [4.78, 5) is 26.9. The number of fused-ring (bicyclic) bond motifs is 2. The highest BCUT2D eigenvalue weighted by Gasteiger charge is 2.38. The molecule has 0 N–H and O–H groups in total. The van der Waals surface area contributed by atoms with Crippen LogP contribution in [0.15, 0.2) is 83.3 Å². The quantitative estimate of drug-likeness (QED) is 0.404. The molecule has 0 fully saturated rings. The third-order valence-corrected chi connectivity index (χ3v) is 5.18. The largest absolute Gasteiger partial charge is 0.454 e. The second kappa shape index (κ2) is 6.17. The van der Waals surface area contributed by atoms with E-state index in [0.29, 0.717) is 33.8 Å². The summed E-state index contributed by atoms with van der Waals surface area (Å²) in [5.74, 6) is 0.562. The molecule has 5 rings (SSSR count). The van der Waals surface area contributed by atoms with E-state index in [2.05, 4.69) is 0 Å². The first kappa shape index (κ1) is 16.5. The van der Waals surface area contributed by atoms with Gasteiger partial charge in [-0.2, -0.15) is 0 Å². The molecular formula is C25H16O3. The number of carbonyl (C=O) groups excluding carboxylic acids is 2. The molecule has 4 aromatic rings. The maximum atomic E-state index is 13.5. The summed E-state index contributed by atoms with van der Waals surface area (Å²) in [7, 11) is 0. The molecule has 0 amide bonds. The highest BCUT2D eigenvalue weighted by atomic mass is 16.3. The molecule has 0 radical (unpaired) electrons. The van der Waals surface area contributed by atoms with E-state index >= 15 is 0 Å². The van der Waals surface area contributed by atoms with Gasteiger partial charge in [-0.1, -0.05) is 78.9 Å². The van der Waals surface area contributed by atoms with Crippen LogP contribution in [0.2, 0.25) is 0 Å². The van der Waals surface area contributed by atoms with E-state index in [1.54, 1.807) is 6.07 Å². The van der Waals surface area contributed by atoms with Crippen molar-refractivity contribution < 1.29 is 14.0 Å². The fourth-order valence-corrected chi connectivity index (χ4v) is 3.87. The van der Waals surface area contributed by atoms with Crippen molar-refractivity contribution in [2.45, 2.75) is 6.92 Å². The number of ketones is 2. The summed E-state index contributed by atoms with van der Waals surface area (Å²) >= 11 is 0. The summed E-state index contributed by atoms with van der Waals surface area (Å²) < 4.78 is 6.21. The second-order valence-corrected chi connectivity index (χ2v) is 6.90. The van der Waals surface area contributed by atoms with Gasteiger partial charge in [-0.3, -0.25) is 9.59 Å². The molecule has 1 heterocycles. The van der Waals surface area contributed by atoms with Crippen molar-refractivity contribution in [3.05, 3.63) is 107 Å². The highest BCUT2D eigenvalue weighted by molar-refractivity contribution is 6.32. The van der Waals surface area contributed by atoms with Gasteiger partial charge in [0.2, 0.25) is 0 Å². The van der Waals surface area contributed by atoms with E-state index in [0.717, 1.165) is 16.7 Å². The predicted octanol–water partition coefficient (Wildman–Crippen LogP) is 5.70. The zero-order valence-corrected chi connectivity index (χ0v) is 15.2. The van der Waals surface area contributed by atoms with Gasteiger partial charge in [-0.25, -0.2) is 0 Å². The molecule has 0 saturated heterocycles. The van der Waals surface area contributed by atoms with Crippen molar-refractivity contribution in [2.75, 3.05) is 0 Å². The molecule has 3 aromatic carbocycles. The van der Waals surface area contributed by atoms with E-state index in [9.17, 15) is 9.59 Å². The van der Waals surface area contributed by atoms with Crippen LogP contribution in [0.4, 0.5) is 0 Å². The Morgan fingerprint density at radius 3 is 1.68 bits per heavy atom. The van der Waals surface area contributed by atoms with Crippen molar-refractivity contribution in [2.24, 2.45) is 0 Å². The fourth-order valence-electron chi connectivity index (χ4n) is 3.87. The van der Waals surface area contributed by atoms with Crippen molar-refractivity contribution in [3.63, 3.8) is 0 Å². The van der Waals surface area contributed by atoms with Crippen molar-refractivity contribution in [1.82, 2.24) is 0 Å². The van der Waals surface area contributed by atoms with E-state index in [-0.39, 0.29) is 11.6 Å². The van der Waals surface area contributed by atoms with Gasteiger partial charge in [0.15, 0.2) is 11.6 Å². The van der Waals surface area contributed by atoms with Gasteiger partial charge in [0.25, 0.3) is 0 Å². The summed E-state index contributed by atoms with van der Waals surface area (Å²) in [6, 6.07) is 24.3. The molecule has 0 bridgehead atoms. The summed E-state index contributed by atoms with van der Waals surface area (Å²) in [5.41, 5.74) is 3.97. The van der Waals surface area contributed by atoms with Crippen LogP contribution in [0.3, 0.4) is 0 Å². The Labute approximate surface area is 162 Å². The minimum Gasteiger partial charge on any atom is -0.454 e. The van der Waals surface area contributed by atoms with Crippen LogP contribution >= 0.6 is 0 Å². The molecule has 1 aromatic heterocycles. The van der Waals surface area contributed by atoms with Crippen LogP contribution in [0.5, 0.6) is 0 Å². The van der Waals surface area contributed by atoms with E-state index < -0.39 is 0 Å². The number of hydrogen-bond acceptors (Lipinski definition) is 3.